The Kier molecular flexibility index (Phi) is 2.89. The molecule has 1 spiro atoms. The third kappa shape index (κ3) is 1.92. The Morgan fingerprint density at radius 3 is 2.12 bits per heavy atom. The monoisotopic (exact) mass is 254 g/mol. The molecule has 0 radical (unpaired) electrons. The predicted octanol–water partition coefficient (Wildman–Crippen LogP) is 3.81. The van der Waals surface area contributed by atoms with Crippen molar-refractivity contribution in [2.75, 3.05) is 13.2 Å². The molecule has 1 saturated carbocycles. The van der Waals surface area contributed by atoms with Gasteiger partial charge in [0, 0.05) is 16.9 Å². The third-order valence-electron chi connectivity index (χ3n) is 4.46. The van der Waals surface area contributed by atoms with Crippen LogP contribution in [0.4, 0.5) is 0 Å². The first-order valence-electron chi connectivity index (χ1n) is 6.57. The molecule has 0 aromatic heterocycles. The molecule has 0 bridgehead atoms. The first-order valence-corrected chi connectivity index (χ1v) is 10.1. The van der Waals surface area contributed by atoms with Crippen LogP contribution in [0.5, 0.6) is 0 Å². The zero-order chi connectivity index (χ0) is 12.9. The van der Waals surface area contributed by atoms with Gasteiger partial charge in [-0.05, 0) is 6.42 Å². The van der Waals surface area contributed by atoms with Crippen molar-refractivity contribution < 1.29 is 9.47 Å². The van der Waals surface area contributed by atoms with Gasteiger partial charge >= 0.3 is 0 Å². The summed E-state index contributed by atoms with van der Waals surface area (Å²) in [6.07, 6.45) is 4.14. The van der Waals surface area contributed by atoms with E-state index in [4.69, 9.17) is 9.47 Å². The van der Waals surface area contributed by atoms with Gasteiger partial charge in [-0.15, -0.1) is 6.58 Å². The molecule has 3 heteroatoms. The summed E-state index contributed by atoms with van der Waals surface area (Å²) in [7, 11) is -1.32. The van der Waals surface area contributed by atoms with Crippen LogP contribution in [0, 0.1) is 5.41 Å². The van der Waals surface area contributed by atoms with Crippen molar-refractivity contribution in [3.8, 4) is 0 Å². The molecule has 1 heterocycles. The average molecular weight is 254 g/mol. The molecule has 1 aliphatic heterocycles. The predicted molar refractivity (Wildman–Crippen MR) is 73.9 cm³/mol. The summed E-state index contributed by atoms with van der Waals surface area (Å²) < 4.78 is 12.3. The molecular weight excluding hydrogens is 228 g/mol. The van der Waals surface area contributed by atoms with Gasteiger partial charge in [0.05, 0.1) is 21.3 Å². The van der Waals surface area contributed by atoms with Crippen LogP contribution in [0.2, 0.25) is 24.7 Å². The highest BCUT2D eigenvalue weighted by molar-refractivity contribution is 6.80. The van der Waals surface area contributed by atoms with Crippen molar-refractivity contribution in [1.82, 2.24) is 0 Å². The second-order valence-corrected chi connectivity index (χ2v) is 13.0. The molecule has 2 nitrogen and oxygen atoms in total. The van der Waals surface area contributed by atoms with E-state index in [0.29, 0.717) is 0 Å². The molecule has 0 N–H and O–H groups in total. The molecule has 1 atom stereocenters. The number of allylic oxidation sites excluding steroid dienone is 1. The van der Waals surface area contributed by atoms with Crippen molar-refractivity contribution in [2.24, 2.45) is 5.41 Å². The highest BCUT2D eigenvalue weighted by Crippen LogP contribution is 2.74. The maximum absolute atomic E-state index is 6.15. The standard InChI is InChI=1S/C14H26O2Si/c1-7-8-13(17(4,5)6)9-14(13)15-10-12(2,3)11-16-14/h7H,1,8-11H2,2-6H3/t13-/m0/s1. The van der Waals surface area contributed by atoms with Gasteiger partial charge in [-0.2, -0.15) is 0 Å². The highest BCUT2D eigenvalue weighted by atomic mass is 28.3. The molecule has 98 valence electrons. The molecule has 0 amide bonds. The fraction of sp³-hybridized carbons (Fsp3) is 0.857. The summed E-state index contributed by atoms with van der Waals surface area (Å²) in [6.45, 7) is 17.2. The molecule has 0 aromatic rings. The maximum Gasteiger partial charge on any atom is 0.172 e. The minimum atomic E-state index is -1.32. The van der Waals surface area contributed by atoms with Crippen molar-refractivity contribution >= 4 is 8.07 Å². The zero-order valence-corrected chi connectivity index (χ0v) is 12.9. The van der Waals surface area contributed by atoms with Gasteiger partial charge in [-0.3, -0.25) is 0 Å². The minimum Gasteiger partial charge on any atom is -0.349 e. The summed E-state index contributed by atoms with van der Waals surface area (Å²) >= 11 is 0. The number of hydrogen-bond donors (Lipinski definition) is 0. The summed E-state index contributed by atoms with van der Waals surface area (Å²) in [5.41, 5.74) is 0.160. The van der Waals surface area contributed by atoms with Crippen LogP contribution in [0.3, 0.4) is 0 Å². The highest BCUT2D eigenvalue weighted by Gasteiger charge is 2.75. The molecule has 2 fully saturated rings. The second kappa shape index (κ2) is 3.69. The van der Waals surface area contributed by atoms with Crippen LogP contribution in [0.1, 0.15) is 26.7 Å². The van der Waals surface area contributed by atoms with Crippen LogP contribution in [-0.2, 0) is 9.47 Å². The van der Waals surface area contributed by atoms with Gasteiger partial charge < -0.3 is 9.47 Å². The lowest BCUT2D eigenvalue weighted by Gasteiger charge is -2.41. The Labute approximate surface area is 106 Å². The van der Waals surface area contributed by atoms with Crippen molar-refractivity contribution in [3.05, 3.63) is 12.7 Å². The first-order chi connectivity index (χ1) is 7.68. The van der Waals surface area contributed by atoms with E-state index in [9.17, 15) is 0 Å². The number of hydrogen-bond acceptors (Lipinski definition) is 2. The Morgan fingerprint density at radius 1 is 1.18 bits per heavy atom. The topological polar surface area (TPSA) is 18.5 Å². The van der Waals surface area contributed by atoms with Crippen molar-refractivity contribution in [2.45, 2.75) is 57.2 Å². The molecule has 1 saturated heterocycles. The molecule has 2 rings (SSSR count). The lowest BCUT2D eigenvalue weighted by molar-refractivity contribution is -0.248. The SMILES string of the molecule is C=CC[C@]1([Si](C)(C)C)CC12OCC(C)(C)CO2. The molecule has 2 aliphatic rings. The van der Waals surface area contributed by atoms with E-state index in [1.165, 1.54) is 0 Å². The summed E-state index contributed by atoms with van der Waals surface area (Å²) in [6, 6.07) is 0. The van der Waals surface area contributed by atoms with Gasteiger partial charge in [-0.25, -0.2) is 0 Å². The molecule has 17 heavy (non-hydrogen) atoms. The number of ether oxygens (including phenoxy) is 2. The summed E-state index contributed by atoms with van der Waals surface area (Å²) in [5, 5.41) is 0.248. The fourth-order valence-electron chi connectivity index (χ4n) is 3.06. The van der Waals surface area contributed by atoms with E-state index in [1.807, 2.05) is 6.08 Å². The third-order valence-corrected chi connectivity index (χ3v) is 8.09. The average Bonchev–Trinajstić information content (AvgIpc) is 2.82. The van der Waals surface area contributed by atoms with Crippen LogP contribution >= 0.6 is 0 Å². The lowest BCUT2D eigenvalue weighted by atomic mass is 9.95. The van der Waals surface area contributed by atoms with Crippen LogP contribution in [0.15, 0.2) is 12.7 Å². The van der Waals surface area contributed by atoms with E-state index >= 15 is 0 Å². The largest absolute Gasteiger partial charge is 0.349 e. The van der Waals surface area contributed by atoms with Crippen molar-refractivity contribution in [1.29, 1.82) is 0 Å². The second-order valence-electron chi connectivity index (χ2n) is 7.50. The normalized spacial score (nSPS) is 34.6. The van der Waals surface area contributed by atoms with E-state index in [-0.39, 0.29) is 16.2 Å². The van der Waals surface area contributed by atoms with Crippen LogP contribution in [0.25, 0.3) is 0 Å². The molecule has 0 aromatic carbocycles. The van der Waals surface area contributed by atoms with Gasteiger partial charge in [0.1, 0.15) is 0 Å². The van der Waals surface area contributed by atoms with Crippen LogP contribution < -0.4 is 0 Å². The molecule has 1 aliphatic carbocycles. The Balaban J connectivity index is 2.18. The Bertz CT molecular complexity index is 320. The molecular formula is C14H26O2Si. The van der Waals surface area contributed by atoms with Gasteiger partial charge in [0.2, 0.25) is 0 Å². The van der Waals surface area contributed by atoms with E-state index in [0.717, 1.165) is 26.1 Å². The zero-order valence-electron chi connectivity index (χ0n) is 11.9. The van der Waals surface area contributed by atoms with E-state index in [1.54, 1.807) is 0 Å². The smallest absolute Gasteiger partial charge is 0.172 e. The van der Waals surface area contributed by atoms with E-state index in [2.05, 4.69) is 40.1 Å². The quantitative estimate of drug-likeness (QED) is 0.563. The minimum absolute atomic E-state index is 0.160. The van der Waals surface area contributed by atoms with E-state index < -0.39 is 8.07 Å². The maximum atomic E-state index is 6.15. The Hall–Kier alpha value is -0.123. The fourth-order valence-corrected chi connectivity index (χ4v) is 5.86. The van der Waals surface area contributed by atoms with Gasteiger partial charge in [-0.1, -0.05) is 39.6 Å². The van der Waals surface area contributed by atoms with Crippen molar-refractivity contribution in [3.63, 3.8) is 0 Å². The Morgan fingerprint density at radius 2 is 1.71 bits per heavy atom. The lowest BCUT2D eigenvalue weighted by Crippen LogP contribution is -2.45. The summed E-state index contributed by atoms with van der Waals surface area (Å²) in [4.78, 5) is 0. The van der Waals surface area contributed by atoms with Gasteiger partial charge in [0.15, 0.2) is 5.79 Å². The first kappa shape index (κ1) is 13.3. The van der Waals surface area contributed by atoms with Gasteiger partial charge in [0.25, 0.3) is 0 Å². The summed E-state index contributed by atoms with van der Waals surface area (Å²) in [5.74, 6) is -0.277. The number of rotatable bonds is 3. The molecule has 0 unspecified atom stereocenters. The van der Waals surface area contributed by atoms with Crippen LogP contribution in [-0.4, -0.2) is 27.1 Å².